The highest BCUT2D eigenvalue weighted by Gasteiger charge is 2.15. The number of aliphatic hydroxyl groups excluding tert-OH is 1. The zero-order chi connectivity index (χ0) is 14.1. The quantitative estimate of drug-likeness (QED) is 0.770. The molecule has 0 fully saturated rings. The van der Waals surface area contributed by atoms with Crippen molar-refractivity contribution in [1.29, 1.82) is 0 Å². The second kappa shape index (κ2) is 5.27. The Morgan fingerprint density at radius 1 is 1.15 bits per heavy atom. The van der Waals surface area contributed by atoms with Crippen molar-refractivity contribution in [3.05, 3.63) is 70.7 Å². The molecule has 0 aliphatic rings. The topological polar surface area (TPSA) is 33.4 Å². The zero-order valence-corrected chi connectivity index (χ0v) is 11.3. The van der Waals surface area contributed by atoms with Crippen molar-refractivity contribution in [2.24, 2.45) is 0 Å². The molecule has 1 unspecified atom stereocenters. The Hall–Kier alpha value is -1.84. The van der Waals surface area contributed by atoms with E-state index in [1.807, 2.05) is 12.1 Å². The molecule has 0 amide bonds. The number of hydrogen-bond acceptors (Lipinski definition) is 2. The zero-order valence-electron chi connectivity index (χ0n) is 10.5. The molecule has 0 spiro atoms. The van der Waals surface area contributed by atoms with Gasteiger partial charge in [0.2, 0.25) is 0 Å². The fraction of sp³-hybridized carbons (Fsp3) is 0.125. The van der Waals surface area contributed by atoms with Crippen molar-refractivity contribution in [2.75, 3.05) is 0 Å². The van der Waals surface area contributed by atoms with E-state index in [-0.39, 0.29) is 5.58 Å². The van der Waals surface area contributed by atoms with Crippen LogP contribution < -0.4 is 0 Å². The molecule has 2 aromatic carbocycles. The standard InChI is InChI=1S/C16H12ClFO2/c17-12-6-4-10(5-7-12)8-14(19)15-9-11-2-1-3-13(18)16(11)20-15/h1-7,9,14,19H,8H2. The van der Waals surface area contributed by atoms with Gasteiger partial charge in [-0.1, -0.05) is 35.9 Å². The van der Waals surface area contributed by atoms with Gasteiger partial charge in [-0.25, -0.2) is 4.39 Å². The predicted octanol–water partition coefficient (Wildman–Crippen LogP) is 4.50. The summed E-state index contributed by atoms with van der Waals surface area (Å²) in [5.41, 5.74) is 1.11. The van der Waals surface area contributed by atoms with Crippen LogP contribution in [0.1, 0.15) is 17.4 Å². The van der Waals surface area contributed by atoms with E-state index in [2.05, 4.69) is 0 Å². The van der Waals surface area contributed by atoms with Gasteiger partial charge in [0.15, 0.2) is 11.4 Å². The van der Waals surface area contributed by atoms with Crippen LogP contribution in [0.25, 0.3) is 11.0 Å². The van der Waals surface area contributed by atoms with Crippen LogP contribution in [0.5, 0.6) is 0 Å². The van der Waals surface area contributed by atoms with E-state index in [9.17, 15) is 9.50 Å². The van der Waals surface area contributed by atoms with E-state index in [4.69, 9.17) is 16.0 Å². The molecule has 1 N–H and O–H groups in total. The molecule has 102 valence electrons. The number of para-hydroxylation sites is 1. The van der Waals surface area contributed by atoms with E-state index >= 15 is 0 Å². The van der Waals surface area contributed by atoms with Crippen molar-refractivity contribution in [3.63, 3.8) is 0 Å². The van der Waals surface area contributed by atoms with Gasteiger partial charge in [0.1, 0.15) is 11.9 Å². The first kappa shape index (κ1) is 13.2. The highest BCUT2D eigenvalue weighted by molar-refractivity contribution is 6.30. The maximum Gasteiger partial charge on any atom is 0.170 e. The summed E-state index contributed by atoms with van der Waals surface area (Å²) < 4.78 is 18.9. The van der Waals surface area contributed by atoms with Crippen LogP contribution in [-0.4, -0.2) is 5.11 Å². The van der Waals surface area contributed by atoms with E-state index < -0.39 is 11.9 Å². The van der Waals surface area contributed by atoms with Gasteiger partial charge in [0.25, 0.3) is 0 Å². The smallest absolute Gasteiger partial charge is 0.170 e. The largest absolute Gasteiger partial charge is 0.455 e. The van der Waals surface area contributed by atoms with Gasteiger partial charge in [-0.15, -0.1) is 0 Å². The number of aliphatic hydroxyl groups is 1. The monoisotopic (exact) mass is 290 g/mol. The molecule has 4 heteroatoms. The summed E-state index contributed by atoms with van der Waals surface area (Å²) in [5, 5.41) is 11.5. The highest BCUT2D eigenvalue weighted by atomic mass is 35.5. The maximum atomic E-state index is 13.5. The average molecular weight is 291 g/mol. The van der Waals surface area contributed by atoms with E-state index in [0.29, 0.717) is 22.6 Å². The summed E-state index contributed by atoms with van der Waals surface area (Å²) in [7, 11) is 0. The predicted molar refractivity (Wildman–Crippen MR) is 76.3 cm³/mol. The van der Waals surface area contributed by atoms with Crippen molar-refractivity contribution >= 4 is 22.6 Å². The summed E-state index contributed by atoms with van der Waals surface area (Å²) in [5.74, 6) is -0.0625. The van der Waals surface area contributed by atoms with Gasteiger partial charge in [0, 0.05) is 16.8 Å². The fourth-order valence-electron chi connectivity index (χ4n) is 2.16. The lowest BCUT2D eigenvalue weighted by atomic mass is 10.1. The first-order valence-corrected chi connectivity index (χ1v) is 6.62. The molecule has 0 aliphatic heterocycles. The molecule has 0 saturated carbocycles. The van der Waals surface area contributed by atoms with E-state index in [1.54, 1.807) is 30.3 Å². The van der Waals surface area contributed by atoms with Gasteiger partial charge < -0.3 is 9.52 Å². The number of halogens is 2. The van der Waals surface area contributed by atoms with Crippen LogP contribution in [0.3, 0.4) is 0 Å². The van der Waals surface area contributed by atoms with Crippen molar-refractivity contribution < 1.29 is 13.9 Å². The number of hydrogen-bond donors (Lipinski definition) is 1. The van der Waals surface area contributed by atoms with Crippen LogP contribution in [0.2, 0.25) is 5.02 Å². The lowest BCUT2D eigenvalue weighted by Gasteiger charge is -2.07. The Morgan fingerprint density at radius 3 is 2.60 bits per heavy atom. The Kier molecular flexibility index (Phi) is 3.47. The van der Waals surface area contributed by atoms with Crippen LogP contribution in [0.15, 0.2) is 52.9 Å². The third-order valence-corrected chi connectivity index (χ3v) is 3.44. The van der Waals surface area contributed by atoms with Crippen molar-refractivity contribution in [1.82, 2.24) is 0 Å². The Morgan fingerprint density at radius 2 is 1.90 bits per heavy atom. The van der Waals surface area contributed by atoms with Gasteiger partial charge in [0.05, 0.1) is 0 Å². The molecular weight excluding hydrogens is 279 g/mol. The van der Waals surface area contributed by atoms with Crippen LogP contribution in [0.4, 0.5) is 4.39 Å². The lowest BCUT2D eigenvalue weighted by Crippen LogP contribution is -2.00. The summed E-state index contributed by atoms with van der Waals surface area (Å²) >= 11 is 5.81. The Bertz CT molecular complexity index is 734. The van der Waals surface area contributed by atoms with E-state index in [0.717, 1.165) is 5.56 Å². The molecule has 3 rings (SSSR count). The first-order chi connectivity index (χ1) is 9.63. The van der Waals surface area contributed by atoms with E-state index in [1.165, 1.54) is 6.07 Å². The number of rotatable bonds is 3. The average Bonchev–Trinajstić information content (AvgIpc) is 2.87. The normalized spacial score (nSPS) is 12.8. The number of fused-ring (bicyclic) bond motifs is 1. The van der Waals surface area contributed by atoms with Gasteiger partial charge in [-0.2, -0.15) is 0 Å². The number of benzene rings is 2. The molecular formula is C16H12ClFO2. The van der Waals surface area contributed by atoms with Crippen LogP contribution in [0, 0.1) is 5.82 Å². The van der Waals surface area contributed by atoms with Crippen LogP contribution in [-0.2, 0) is 6.42 Å². The summed E-state index contributed by atoms with van der Waals surface area (Å²) in [6.45, 7) is 0. The molecule has 1 atom stereocenters. The molecule has 0 aliphatic carbocycles. The third kappa shape index (κ3) is 2.55. The van der Waals surface area contributed by atoms with Gasteiger partial charge in [-0.3, -0.25) is 0 Å². The maximum absolute atomic E-state index is 13.5. The SMILES string of the molecule is OC(Cc1ccc(Cl)cc1)c1cc2cccc(F)c2o1. The number of furan rings is 1. The summed E-state index contributed by atoms with van der Waals surface area (Å²) in [6, 6.07) is 13.6. The molecule has 1 aromatic heterocycles. The molecule has 0 bridgehead atoms. The van der Waals surface area contributed by atoms with Crippen LogP contribution >= 0.6 is 11.6 Å². The first-order valence-electron chi connectivity index (χ1n) is 6.24. The second-order valence-electron chi connectivity index (χ2n) is 4.65. The van der Waals surface area contributed by atoms with Crippen molar-refractivity contribution in [3.8, 4) is 0 Å². The van der Waals surface area contributed by atoms with Gasteiger partial charge >= 0.3 is 0 Å². The second-order valence-corrected chi connectivity index (χ2v) is 5.09. The summed E-state index contributed by atoms with van der Waals surface area (Å²) in [4.78, 5) is 0. The van der Waals surface area contributed by atoms with Gasteiger partial charge in [-0.05, 0) is 29.8 Å². The highest BCUT2D eigenvalue weighted by Crippen LogP contribution is 2.27. The Labute approximate surface area is 120 Å². The minimum atomic E-state index is -0.817. The molecule has 1 heterocycles. The molecule has 0 radical (unpaired) electrons. The molecule has 3 aromatic rings. The lowest BCUT2D eigenvalue weighted by molar-refractivity contribution is 0.152. The molecule has 0 saturated heterocycles. The fourth-order valence-corrected chi connectivity index (χ4v) is 2.28. The van der Waals surface area contributed by atoms with Crippen molar-refractivity contribution in [2.45, 2.75) is 12.5 Å². The molecule has 20 heavy (non-hydrogen) atoms. The minimum Gasteiger partial charge on any atom is -0.455 e. The minimum absolute atomic E-state index is 0.178. The molecule has 2 nitrogen and oxygen atoms in total. The Balaban J connectivity index is 1.86. The third-order valence-electron chi connectivity index (χ3n) is 3.19. The summed E-state index contributed by atoms with van der Waals surface area (Å²) in [6.07, 6.45) is -0.429.